The predicted molar refractivity (Wildman–Crippen MR) is 109 cm³/mol. The first kappa shape index (κ1) is 19.9. The quantitative estimate of drug-likeness (QED) is 0.567. The van der Waals surface area contributed by atoms with Crippen molar-refractivity contribution >= 4 is 35.0 Å². The van der Waals surface area contributed by atoms with Crippen LogP contribution in [-0.2, 0) is 20.9 Å². The maximum Gasteiger partial charge on any atom is 0.328 e. The number of methoxy groups -OCH3 is 1. The molecule has 1 aliphatic heterocycles. The summed E-state index contributed by atoms with van der Waals surface area (Å²) in [6.45, 7) is 6.21. The second-order valence-electron chi connectivity index (χ2n) is 6.65. The third-order valence-electron chi connectivity index (χ3n) is 4.84. The van der Waals surface area contributed by atoms with Gasteiger partial charge in [-0.1, -0.05) is 30.3 Å². The number of benzene rings is 1. The summed E-state index contributed by atoms with van der Waals surface area (Å²) >= 11 is 0.842. The van der Waals surface area contributed by atoms with E-state index in [-0.39, 0.29) is 0 Å². The van der Waals surface area contributed by atoms with Crippen LogP contribution in [0.2, 0.25) is 0 Å². The number of imide groups is 1. The van der Waals surface area contributed by atoms with Crippen molar-refractivity contribution in [3.63, 3.8) is 0 Å². The van der Waals surface area contributed by atoms with Crippen molar-refractivity contribution in [2.75, 3.05) is 7.11 Å². The Hall–Kier alpha value is -2.80. The molecule has 1 aliphatic rings. The van der Waals surface area contributed by atoms with E-state index >= 15 is 0 Å². The standard InChI is InChI=1S/C21H22N2O4S/c1-13-10-17(14(2)22(13)12-16-8-6-5-7-9-16)11-18-19(24)23(21(26)28-18)15(3)20(25)27-4/h5-11,15H,12H2,1-4H3/b18-11+. The van der Waals surface area contributed by atoms with Gasteiger partial charge in [-0.05, 0) is 55.8 Å². The van der Waals surface area contributed by atoms with Crippen LogP contribution in [0, 0.1) is 13.8 Å². The van der Waals surface area contributed by atoms with E-state index in [2.05, 4.69) is 21.4 Å². The number of rotatable bonds is 5. The van der Waals surface area contributed by atoms with E-state index in [0.29, 0.717) is 4.91 Å². The topological polar surface area (TPSA) is 68.6 Å². The Bertz CT molecular complexity index is 962. The van der Waals surface area contributed by atoms with E-state index in [4.69, 9.17) is 0 Å². The Balaban J connectivity index is 1.88. The van der Waals surface area contributed by atoms with Crippen LogP contribution in [0.15, 0.2) is 41.3 Å². The maximum atomic E-state index is 12.7. The number of thioether (sulfide) groups is 1. The molecular weight excluding hydrogens is 376 g/mol. The van der Waals surface area contributed by atoms with Gasteiger partial charge in [0.05, 0.1) is 12.0 Å². The zero-order valence-corrected chi connectivity index (χ0v) is 17.1. The fourth-order valence-electron chi connectivity index (χ4n) is 3.21. The summed E-state index contributed by atoms with van der Waals surface area (Å²) in [7, 11) is 1.23. The SMILES string of the molecule is COC(=O)C(C)N1C(=O)S/C(=C/c2cc(C)n(Cc3ccccc3)c2C)C1=O. The second kappa shape index (κ2) is 8.06. The van der Waals surface area contributed by atoms with Crippen molar-refractivity contribution in [1.82, 2.24) is 9.47 Å². The van der Waals surface area contributed by atoms with Gasteiger partial charge in [-0.3, -0.25) is 14.5 Å². The number of hydrogen-bond acceptors (Lipinski definition) is 5. The highest BCUT2D eigenvalue weighted by Gasteiger charge is 2.41. The van der Waals surface area contributed by atoms with E-state index < -0.39 is 23.2 Å². The third kappa shape index (κ3) is 3.75. The van der Waals surface area contributed by atoms with Crippen LogP contribution in [0.25, 0.3) is 6.08 Å². The Morgan fingerprint density at radius 2 is 1.89 bits per heavy atom. The highest BCUT2D eigenvalue weighted by molar-refractivity contribution is 8.18. The number of ether oxygens (including phenoxy) is 1. The van der Waals surface area contributed by atoms with Gasteiger partial charge in [-0.15, -0.1) is 0 Å². The molecule has 146 valence electrons. The van der Waals surface area contributed by atoms with Crippen LogP contribution >= 0.6 is 11.8 Å². The molecule has 7 heteroatoms. The Morgan fingerprint density at radius 1 is 1.21 bits per heavy atom. The molecule has 0 aliphatic carbocycles. The summed E-state index contributed by atoms with van der Waals surface area (Å²) in [4.78, 5) is 37.9. The van der Waals surface area contributed by atoms with E-state index in [1.807, 2.05) is 38.1 Å². The average Bonchev–Trinajstić information content (AvgIpc) is 3.11. The molecule has 28 heavy (non-hydrogen) atoms. The van der Waals surface area contributed by atoms with Crippen molar-refractivity contribution < 1.29 is 19.1 Å². The number of nitrogens with zero attached hydrogens (tertiary/aromatic N) is 2. The molecule has 2 amide bonds. The van der Waals surface area contributed by atoms with Crippen molar-refractivity contribution in [1.29, 1.82) is 0 Å². The lowest BCUT2D eigenvalue weighted by Crippen LogP contribution is -2.42. The zero-order chi connectivity index (χ0) is 20.4. The summed E-state index contributed by atoms with van der Waals surface area (Å²) in [6.07, 6.45) is 1.72. The minimum atomic E-state index is -0.950. The molecule has 1 unspecified atom stereocenters. The molecule has 6 nitrogen and oxygen atoms in total. The molecule has 0 bridgehead atoms. The molecule has 3 rings (SSSR count). The van der Waals surface area contributed by atoms with Gasteiger partial charge in [0.1, 0.15) is 6.04 Å². The molecule has 0 spiro atoms. The molecule has 1 saturated heterocycles. The van der Waals surface area contributed by atoms with Gasteiger partial charge in [0.25, 0.3) is 11.1 Å². The smallest absolute Gasteiger partial charge is 0.328 e. The van der Waals surface area contributed by atoms with Gasteiger partial charge in [0.15, 0.2) is 0 Å². The summed E-state index contributed by atoms with van der Waals surface area (Å²) in [5, 5.41) is -0.466. The summed E-state index contributed by atoms with van der Waals surface area (Å²) < 4.78 is 6.82. The van der Waals surface area contributed by atoms with Crippen LogP contribution < -0.4 is 0 Å². The minimum Gasteiger partial charge on any atom is -0.467 e. The summed E-state index contributed by atoms with van der Waals surface area (Å²) in [5.41, 5.74) is 4.14. The number of aryl methyl sites for hydroxylation is 1. The first-order valence-corrected chi connectivity index (χ1v) is 9.70. The monoisotopic (exact) mass is 398 g/mol. The van der Waals surface area contributed by atoms with E-state index in [1.54, 1.807) is 6.08 Å². The van der Waals surface area contributed by atoms with E-state index in [9.17, 15) is 14.4 Å². The van der Waals surface area contributed by atoms with Gasteiger partial charge in [-0.25, -0.2) is 4.79 Å². The number of amides is 2. The largest absolute Gasteiger partial charge is 0.467 e. The predicted octanol–water partition coefficient (Wildman–Crippen LogP) is 3.75. The Morgan fingerprint density at radius 3 is 2.54 bits per heavy atom. The fourth-order valence-corrected chi connectivity index (χ4v) is 4.11. The van der Waals surface area contributed by atoms with E-state index in [0.717, 1.165) is 40.2 Å². The lowest BCUT2D eigenvalue weighted by Gasteiger charge is -2.18. The van der Waals surface area contributed by atoms with Crippen LogP contribution in [0.4, 0.5) is 4.79 Å². The number of hydrogen-bond donors (Lipinski definition) is 0. The molecule has 0 radical (unpaired) electrons. The van der Waals surface area contributed by atoms with Crippen LogP contribution in [0.1, 0.15) is 29.4 Å². The van der Waals surface area contributed by atoms with Crippen molar-refractivity contribution in [3.8, 4) is 0 Å². The first-order chi connectivity index (χ1) is 13.3. The highest BCUT2D eigenvalue weighted by Crippen LogP contribution is 2.34. The molecule has 0 saturated carbocycles. The van der Waals surface area contributed by atoms with Crippen LogP contribution in [0.3, 0.4) is 0 Å². The summed E-state index contributed by atoms with van der Waals surface area (Å²) in [6, 6.07) is 11.2. The lowest BCUT2D eigenvalue weighted by molar-refractivity contribution is -0.148. The van der Waals surface area contributed by atoms with Gasteiger partial charge in [0.2, 0.25) is 0 Å². The number of carbonyl (C=O) groups excluding carboxylic acids is 3. The molecule has 1 fully saturated rings. The first-order valence-electron chi connectivity index (χ1n) is 8.89. The third-order valence-corrected chi connectivity index (χ3v) is 5.72. The molecule has 2 heterocycles. The van der Waals surface area contributed by atoms with Crippen molar-refractivity contribution in [3.05, 3.63) is 63.8 Å². The molecule has 2 aromatic rings. The van der Waals surface area contributed by atoms with E-state index in [1.165, 1.54) is 19.6 Å². The number of aromatic nitrogens is 1. The van der Waals surface area contributed by atoms with Gasteiger partial charge < -0.3 is 9.30 Å². The fraction of sp³-hybridized carbons (Fsp3) is 0.286. The molecule has 1 atom stereocenters. The normalized spacial score (nSPS) is 16.7. The van der Waals surface area contributed by atoms with Crippen LogP contribution in [-0.4, -0.2) is 39.7 Å². The minimum absolute atomic E-state index is 0.306. The van der Waals surface area contributed by atoms with Crippen molar-refractivity contribution in [2.24, 2.45) is 0 Å². The maximum absolute atomic E-state index is 12.7. The second-order valence-corrected chi connectivity index (χ2v) is 7.64. The van der Waals surface area contributed by atoms with Gasteiger partial charge >= 0.3 is 5.97 Å². The van der Waals surface area contributed by atoms with Crippen molar-refractivity contribution in [2.45, 2.75) is 33.4 Å². The van der Waals surface area contributed by atoms with Gasteiger partial charge in [-0.2, -0.15) is 0 Å². The number of esters is 1. The Labute approximate surface area is 168 Å². The lowest BCUT2D eigenvalue weighted by atomic mass is 10.2. The summed E-state index contributed by atoms with van der Waals surface area (Å²) in [5.74, 6) is -1.09. The zero-order valence-electron chi connectivity index (χ0n) is 16.3. The molecule has 1 aromatic carbocycles. The molecular formula is C21H22N2O4S. The van der Waals surface area contributed by atoms with Crippen LogP contribution in [0.5, 0.6) is 0 Å². The van der Waals surface area contributed by atoms with Gasteiger partial charge in [0, 0.05) is 17.9 Å². The molecule has 1 aromatic heterocycles. The molecule has 0 N–H and O–H groups in total. The highest BCUT2D eigenvalue weighted by atomic mass is 32.2. The Kier molecular flexibility index (Phi) is 5.74. The number of carbonyl (C=O) groups is 3. The average molecular weight is 398 g/mol.